The summed E-state index contributed by atoms with van der Waals surface area (Å²) >= 11 is 0. The third-order valence-electron chi connectivity index (χ3n) is 6.90. The number of hydrogen-bond acceptors (Lipinski definition) is 1. The molecule has 0 spiro atoms. The molecule has 0 aliphatic rings. The highest BCUT2D eigenvalue weighted by Crippen LogP contribution is 2.25. The van der Waals surface area contributed by atoms with E-state index in [0.717, 1.165) is 75.5 Å². The number of carboxylic acids is 1. The lowest BCUT2D eigenvalue weighted by Gasteiger charge is -2.43. The maximum Gasteiger partial charge on any atom is 0.362 e. The Morgan fingerprint density at radius 3 is 1.23 bits per heavy atom. The molecule has 0 saturated carbocycles. The average Bonchev–Trinajstić information content (AvgIpc) is 2.74. The van der Waals surface area contributed by atoms with Gasteiger partial charge in [-0.3, -0.25) is 0 Å². The van der Waals surface area contributed by atoms with Gasteiger partial charge in [-0.2, -0.15) is 0 Å². The van der Waals surface area contributed by atoms with Gasteiger partial charge in [0, 0.05) is 6.42 Å². The van der Waals surface area contributed by atoms with E-state index in [1.165, 1.54) is 64.2 Å². The summed E-state index contributed by atoms with van der Waals surface area (Å²) in [7, 11) is 0. The summed E-state index contributed by atoms with van der Waals surface area (Å²) in [6.07, 6.45) is 22.3. The van der Waals surface area contributed by atoms with Crippen molar-refractivity contribution in [3.63, 3.8) is 0 Å². The van der Waals surface area contributed by atoms with Crippen LogP contribution in [0.25, 0.3) is 0 Å². The molecule has 0 aliphatic carbocycles. The van der Waals surface area contributed by atoms with Gasteiger partial charge in [0.25, 0.3) is 0 Å². The predicted octanol–water partition coefficient (Wildman–Crippen LogP) is 8.36. The van der Waals surface area contributed by atoms with Gasteiger partial charge in [-0.15, -0.1) is 0 Å². The highest BCUT2D eigenvalue weighted by molar-refractivity contribution is 5.72. The first-order valence-corrected chi connectivity index (χ1v) is 13.7. The smallest absolute Gasteiger partial charge is 0.362 e. The molecule has 0 saturated heterocycles. The lowest BCUT2D eigenvalue weighted by molar-refractivity contribution is -0.944. The minimum atomic E-state index is -0.551. The van der Waals surface area contributed by atoms with Gasteiger partial charge in [0.1, 0.15) is 0 Å². The van der Waals surface area contributed by atoms with Gasteiger partial charge in [0.2, 0.25) is 0 Å². The van der Waals surface area contributed by atoms with Crippen molar-refractivity contribution in [2.24, 2.45) is 0 Å². The van der Waals surface area contributed by atoms with E-state index in [4.69, 9.17) is 0 Å². The lowest BCUT2D eigenvalue weighted by Crippen LogP contribution is -2.60. The van der Waals surface area contributed by atoms with Gasteiger partial charge >= 0.3 is 5.97 Å². The van der Waals surface area contributed by atoms with Gasteiger partial charge in [0.15, 0.2) is 6.04 Å². The van der Waals surface area contributed by atoms with E-state index in [1.807, 2.05) is 0 Å². The monoisotopic (exact) mass is 426 g/mol. The normalized spacial score (nSPS) is 12.9. The zero-order valence-electron chi connectivity index (χ0n) is 21.2. The Kier molecular flexibility index (Phi) is 20.0. The maximum absolute atomic E-state index is 12.3. The van der Waals surface area contributed by atoms with Gasteiger partial charge < -0.3 is 9.59 Å². The summed E-state index contributed by atoms with van der Waals surface area (Å²) in [6.45, 7) is 12.1. The van der Waals surface area contributed by atoms with E-state index in [-0.39, 0.29) is 6.04 Å². The number of unbranched alkanes of at least 4 members (excludes halogenated alkanes) is 13. The van der Waals surface area contributed by atoms with E-state index >= 15 is 0 Å². The minimum Gasteiger partial charge on any atom is -0.477 e. The number of aliphatic carboxylic acids is 1. The molecule has 1 atom stereocenters. The Morgan fingerprint density at radius 1 is 0.567 bits per heavy atom. The highest BCUT2D eigenvalue weighted by Gasteiger charge is 2.40. The summed E-state index contributed by atoms with van der Waals surface area (Å²) in [5.74, 6) is -0.551. The lowest BCUT2D eigenvalue weighted by atomic mass is 9.99. The molecular weight excluding hydrogens is 370 g/mol. The Hall–Kier alpha value is -0.570. The van der Waals surface area contributed by atoms with Crippen LogP contribution < -0.4 is 0 Å². The third kappa shape index (κ3) is 13.7. The van der Waals surface area contributed by atoms with E-state index in [1.54, 1.807) is 0 Å². The predicted molar refractivity (Wildman–Crippen MR) is 132 cm³/mol. The largest absolute Gasteiger partial charge is 0.477 e. The molecule has 0 aliphatic heterocycles. The molecule has 0 amide bonds. The topological polar surface area (TPSA) is 37.3 Å². The minimum absolute atomic E-state index is 0.201. The fraction of sp³-hybridized carbons (Fsp3) is 0.963. The number of rotatable bonds is 23. The second-order valence-electron chi connectivity index (χ2n) is 9.63. The van der Waals surface area contributed by atoms with Crippen LogP contribution >= 0.6 is 0 Å². The molecule has 1 unspecified atom stereocenters. The molecule has 0 radical (unpaired) electrons. The molecule has 0 aromatic rings. The second kappa shape index (κ2) is 20.3. The molecule has 1 N–H and O–H groups in total. The van der Waals surface area contributed by atoms with E-state index in [0.29, 0.717) is 0 Å². The van der Waals surface area contributed by atoms with Crippen LogP contribution in [0.2, 0.25) is 0 Å². The van der Waals surface area contributed by atoms with Crippen LogP contribution in [0, 0.1) is 0 Å². The van der Waals surface area contributed by atoms with Crippen molar-refractivity contribution in [3.05, 3.63) is 0 Å². The molecule has 180 valence electrons. The second-order valence-corrected chi connectivity index (χ2v) is 9.63. The molecule has 0 aromatic carbocycles. The number of quaternary nitrogens is 1. The molecule has 30 heavy (non-hydrogen) atoms. The van der Waals surface area contributed by atoms with Crippen LogP contribution in [0.4, 0.5) is 0 Å². The number of carbonyl (C=O) groups is 1. The summed E-state index contributed by atoms with van der Waals surface area (Å²) in [5, 5.41) is 10.2. The van der Waals surface area contributed by atoms with Gasteiger partial charge in [-0.1, -0.05) is 111 Å². The number of nitrogens with zero attached hydrogens (tertiary/aromatic N) is 1. The molecule has 0 aromatic heterocycles. The van der Waals surface area contributed by atoms with E-state index in [2.05, 4.69) is 27.7 Å². The molecule has 3 heteroatoms. The molecule has 0 rings (SSSR count). The van der Waals surface area contributed by atoms with Crippen molar-refractivity contribution in [3.8, 4) is 0 Å². The Balaban J connectivity index is 4.51. The van der Waals surface area contributed by atoms with Crippen molar-refractivity contribution >= 4 is 5.97 Å². The quantitative estimate of drug-likeness (QED) is 0.132. The number of hydrogen-bond donors (Lipinski definition) is 1. The average molecular weight is 427 g/mol. The first-order valence-electron chi connectivity index (χ1n) is 13.7. The summed E-state index contributed by atoms with van der Waals surface area (Å²) < 4.78 is 0.836. The Labute approximate surface area is 189 Å². The first kappa shape index (κ1) is 29.4. The Bertz CT molecular complexity index is 361. The van der Waals surface area contributed by atoms with Gasteiger partial charge in [0.05, 0.1) is 19.6 Å². The van der Waals surface area contributed by atoms with Crippen molar-refractivity contribution < 1.29 is 14.4 Å². The van der Waals surface area contributed by atoms with Crippen LogP contribution in [0.5, 0.6) is 0 Å². The fourth-order valence-corrected chi connectivity index (χ4v) is 4.86. The Morgan fingerprint density at radius 2 is 0.900 bits per heavy atom. The fourth-order valence-electron chi connectivity index (χ4n) is 4.86. The van der Waals surface area contributed by atoms with Crippen molar-refractivity contribution in [1.82, 2.24) is 0 Å². The highest BCUT2D eigenvalue weighted by atomic mass is 16.4. The molecular formula is C27H56NO2+. The molecule has 0 fully saturated rings. The maximum atomic E-state index is 12.3. The summed E-state index contributed by atoms with van der Waals surface area (Å²) in [5.41, 5.74) is 0. The third-order valence-corrected chi connectivity index (χ3v) is 6.90. The van der Waals surface area contributed by atoms with Crippen molar-refractivity contribution in [2.45, 2.75) is 149 Å². The molecule has 3 nitrogen and oxygen atoms in total. The number of carboxylic acid groups (broad SMARTS) is 1. The van der Waals surface area contributed by atoms with Crippen LogP contribution in [0.1, 0.15) is 143 Å². The first-order chi connectivity index (χ1) is 14.6. The molecule has 0 bridgehead atoms. The van der Waals surface area contributed by atoms with Crippen LogP contribution in [0.3, 0.4) is 0 Å². The zero-order chi connectivity index (χ0) is 22.5. The van der Waals surface area contributed by atoms with E-state index < -0.39 is 5.97 Å². The van der Waals surface area contributed by atoms with E-state index in [9.17, 15) is 9.90 Å². The van der Waals surface area contributed by atoms with Crippen molar-refractivity contribution in [1.29, 1.82) is 0 Å². The SMILES string of the molecule is CCCCCCCCCCCCCC(C(=O)O)[N+](CCCC)(CCCC)CCCC. The van der Waals surface area contributed by atoms with Gasteiger partial charge in [-0.25, -0.2) is 4.79 Å². The van der Waals surface area contributed by atoms with Crippen LogP contribution in [-0.2, 0) is 4.79 Å². The van der Waals surface area contributed by atoms with Crippen LogP contribution in [0.15, 0.2) is 0 Å². The van der Waals surface area contributed by atoms with Gasteiger partial charge in [-0.05, 0) is 25.7 Å². The summed E-state index contributed by atoms with van der Waals surface area (Å²) in [6, 6.07) is -0.201. The van der Waals surface area contributed by atoms with Crippen molar-refractivity contribution in [2.75, 3.05) is 19.6 Å². The zero-order valence-corrected chi connectivity index (χ0v) is 21.2. The van der Waals surface area contributed by atoms with Crippen LogP contribution in [-0.4, -0.2) is 41.2 Å². The summed E-state index contributed by atoms with van der Waals surface area (Å²) in [4.78, 5) is 12.3. The molecule has 0 heterocycles. The standard InChI is InChI=1S/C27H55NO2/c1-5-9-13-14-15-16-17-18-19-20-21-22-26(27(29)30)28(23-10-6-2,24-11-7-3)25-12-8-4/h26H,5-25H2,1-4H3/p+1.